The van der Waals surface area contributed by atoms with Crippen molar-refractivity contribution >= 4 is 24.0 Å². The fourth-order valence-electron chi connectivity index (χ4n) is 3.74. The summed E-state index contributed by atoms with van der Waals surface area (Å²) in [4.78, 5) is 45.5. The van der Waals surface area contributed by atoms with Gasteiger partial charge < -0.3 is 10.2 Å². The number of halogens is 1. The van der Waals surface area contributed by atoms with Crippen molar-refractivity contribution < 1.29 is 24.0 Å². The van der Waals surface area contributed by atoms with Crippen LogP contribution in [-0.4, -0.2) is 68.7 Å². The van der Waals surface area contributed by atoms with Gasteiger partial charge in [-0.05, 0) is 12.3 Å². The van der Waals surface area contributed by atoms with E-state index >= 15 is 0 Å². The van der Waals surface area contributed by atoms with E-state index in [2.05, 4.69) is 15.3 Å². The second-order valence-electron chi connectivity index (χ2n) is 7.38. The summed E-state index contributed by atoms with van der Waals surface area (Å²) >= 11 is 0. The normalized spacial score (nSPS) is 23.0. The molecule has 2 heterocycles. The minimum Gasteiger partial charge on any atom is -0.327 e. The largest absolute Gasteiger partial charge is 0.327 e. The Labute approximate surface area is 161 Å². The average molecular weight is 393 g/mol. The lowest BCUT2D eigenvalue weighted by molar-refractivity contribution is -0.158. The molecule has 1 aromatic heterocycles. The summed E-state index contributed by atoms with van der Waals surface area (Å²) in [6.07, 6.45) is 6.59. The van der Waals surface area contributed by atoms with Gasteiger partial charge in [0.1, 0.15) is 12.2 Å². The molecule has 1 saturated heterocycles. The number of likely N-dealkylation sites (tertiary alicyclic amines) is 1. The highest BCUT2D eigenvalue weighted by Gasteiger charge is 2.43. The van der Waals surface area contributed by atoms with Crippen molar-refractivity contribution in [3.63, 3.8) is 0 Å². The first-order valence-corrected chi connectivity index (χ1v) is 9.40. The lowest BCUT2D eigenvalue weighted by Crippen LogP contribution is -2.48. The van der Waals surface area contributed by atoms with Crippen LogP contribution in [0.3, 0.4) is 0 Å². The van der Waals surface area contributed by atoms with E-state index in [1.165, 1.54) is 23.5 Å². The van der Waals surface area contributed by atoms with Crippen LogP contribution in [0.4, 0.5) is 10.2 Å². The van der Waals surface area contributed by atoms with Gasteiger partial charge in [-0.2, -0.15) is 0 Å². The standard InChI is InChI=1S/C18H24FN5O4/c19-14-7-15(17(26)22-16-8-20-4-5-21-16)24(10-14)18(27)13(9-23(28)11-25)6-12-2-1-3-12/h4-5,8,11-15,28H,1-3,6-7,9-10H2,(H,21,22,26)/t13-,14-,15+/m1/s1. The monoisotopic (exact) mass is 393 g/mol. The summed E-state index contributed by atoms with van der Waals surface area (Å²) in [5.41, 5.74) is 0. The molecule has 0 bridgehead atoms. The number of amides is 3. The molecule has 0 radical (unpaired) electrons. The lowest BCUT2D eigenvalue weighted by Gasteiger charge is -2.33. The third-order valence-electron chi connectivity index (χ3n) is 5.37. The number of nitrogens with one attached hydrogen (secondary N) is 1. The topological polar surface area (TPSA) is 116 Å². The number of hydroxylamine groups is 2. The first-order chi connectivity index (χ1) is 13.5. The highest BCUT2D eigenvalue weighted by molar-refractivity contribution is 5.97. The first kappa shape index (κ1) is 20.1. The summed E-state index contributed by atoms with van der Waals surface area (Å²) < 4.78 is 14.1. The molecule has 1 saturated carbocycles. The second-order valence-corrected chi connectivity index (χ2v) is 7.38. The van der Waals surface area contributed by atoms with E-state index < -0.39 is 29.9 Å². The third-order valence-corrected chi connectivity index (χ3v) is 5.37. The molecule has 9 nitrogen and oxygen atoms in total. The molecule has 3 rings (SSSR count). The number of rotatable bonds is 8. The molecule has 0 unspecified atom stereocenters. The van der Waals surface area contributed by atoms with Crippen molar-refractivity contribution in [1.29, 1.82) is 0 Å². The van der Waals surface area contributed by atoms with E-state index in [0.717, 1.165) is 19.3 Å². The maximum Gasteiger partial charge on any atom is 0.248 e. The quantitative estimate of drug-likeness (QED) is 0.387. The Hall–Kier alpha value is -2.62. The highest BCUT2D eigenvalue weighted by Crippen LogP contribution is 2.34. The zero-order chi connectivity index (χ0) is 20.1. The van der Waals surface area contributed by atoms with Gasteiger partial charge in [-0.1, -0.05) is 19.3 Å². The maximum absolute atomic E-state index is 14.1. The third kappa shape index (κ3) is 4.80. The Balaban J connectivity index is 1.71. The number of anilines is 1. The van der Waals surface area contributed by atoms with Gasteiger partial charge in [-0.15, -0.1) is 0 Å². The van der Waals surface area contributed by atoms with Crippen LogP contribution in [-0.2, 0) is 14.4 Å². The molecule has 2 aliphatic rings. The fourth-order valence-corrected chi connectivity index (χ4v) is 3.74. The maximum atomic E-state index is 14.1. The van der Waals surface area contributed by atoms with Crippen molar-refractivity contribution in [2.75, 3.05) is 18.4 Å². The molecule has 152 valence electrons. The molecule has 1 aliphatic heterocycles. The number of carbonyl (C=O) groups excluding carboxylic acids is 3. The predicted molar refractivity (Wildman–Crippen MR) is 95.7 cm³/mol. The summed E-state index contributed by atoms with van der Waals surface area (Å²) in [6.45, 7) is -0.365. The molecular formula is C18H24FN5O4. The van der Waals surface area contributed by atoms with Crippen LogP contribution in [0, 0.1) is 11.8 Å². The molecule has 1 aromatic rings. The van der Waals surface area contributed by atoms with Gasteiger partial charge in [-0.3, -0.25) is 24.6 Å². The highest BCUT2D eigenvalue weighted by atomic mass is 19.1. The van der Waals surface area contributed by atoms with Crippen LogP contribution in [0.1, 0.15) is 32.1 Å². The number of nitrogens with zero attached hydrogens (tertiary/aromatic N) is 4. The number of hydrogen-bond donors (Lipinski definition) is 2. The van der Waals surface area contributed by atoms with Gasteiger partial charge in [0, 0.05) is 18.8 Å². The summed E-state index contributed by atoms with van der Waals surface area (Å²) in [5.74, 6) is -1.09. The molecule has 0 aromatic carbocycles. The summed E-state index contributed by atoms with van der Waals surface area (Å²) in [5, 5.41) is 12.6. The van der Waals surface area contributed by atoms with E-state index in [1.54, 1.807) is 0 Å². The van der Waals surface area contributed by atoms with Gasteiger partial charge in [0.15, 0.2) is 5.82 Å². The predicted octanol–water partition coefficient (Wildman–Crippen LogP) is 1.01. The molecule has 10 heteroatoms. The Morgan fingerprint density at radius 3 is 2.82 bits per heavy atom. The van der Waals surface area contributed by atoms with Crippen molar-refractivity contribution in [2.45, 2.75) is 44.3 Å². The number of aromatic nitrogens is 2. The van der Waals surface area contributed by atoms with E-state index in [0.29, 0.717) is 17.4 Å². The first-order valence-electron chi connectivity index (χ1n) is 9.40. The summed E-state index contributed by atoms with van der Waals surface area (Å²) in [6, 6.07) is -0.975. The molecule has 2 fully saturated rings. The van der Waals surface area contributed by atoms with Crippen LogP contribution in [0.2, 0.25) is 0 Å². The number of alkyl halides is 1. The number of carbonyl (C=O) groups is 3. The van der Waals surface area contributed by atoms with E-state index in [-0.39, 0.29) is 31.7 Å². The van der Waals surface area contributed by atoms with E-state index in [4.69, 9.17) is 0 Å². The van der Waals surface area contributed by atoms with E-state index in [1.807, 2.05) is 0 Å². The Morgan fingerprint density at radius 1 is 1.43 bits per heavy atom. The number of hydrogen-bond acceptors (Lipinski definition) is 6. The molecule has 3 amide bonds. The Bertz CT molecular complexity index is 702. The van der Waals surface area contributed by atoms with Crippen molar-refractivity contribution in [1.82, 2.24) is 19.9 Å². The summed E-state index contributed by atoms with van der Waals surface area (Å²) in [7, 11) is 0. The Morgan fingerprint density at radius 2 is 2.21 bits per heavy atom. The van der Waals surface area contributed by atoms with Crippen molar-refractivity contribution in [3.8, 4) is 0 Å². The van der Waals surface area contributed by atoms with Crippen LogP contribution in [0.15, 0.2) is 18.6 Å². The zero-order valence-corrected chi connectivity index (χ0v) is 15.4. The van der Waals surface area contributed by atoms with Crippen LogP contribution in [0.5, 0.6) is 0 Å². The SMILES string of the molecule is O=CN(O)C[C@@H](CC1CCC1)C(=O)N1C[C@H](F)C[C@H]1C(=O)Nc1cnccn1. The smallest absolute Gasteiger partial charge is 0.248 e. The van der Waals surface area contributed by atoms with Crippen LogP contribution >= 0.6 is 0 Å². The molecular weight excluding hydrogens is 369 g/mol. The van der Waals surface area contributed by atoms with Gasteiger partial charge >= 0.3 is 0 Å². The molecule has 2 N–H and O–H groups in total. The average Bonchev–Trinajstić information content (AvgIpc) is 3.05. The van der Waals surface area contributed by atoms with Crippen molar-refractivity contribution in [2.24, 2.45) is 11.8 Å². The fraction of sp³-hybridized carbons (Fsp3) is 0.611. The minimum absolute atomic E-state index is 0.107. The van der Waals surface area contributed by atoms with Crippen LogP contribution < -0.4 is 5.32 Å². The van der Waals surface area contributed by atoms with Crippen LogP contribution in [0.25, 0.3) is 0 Å². The Kier molecular flexibility index (Phi) is 6.50. The zero-order valence-electron chi connectivity index (χ0n) is 15.4. The van der Waals surface area contributed by atoms with Gasteiger partial charge in [0.05, 0.1) is 25.2 Å². The lowest BCUT2D eigenvalue weighted by atomic mass is 9.78. The van der Waals surface area contributed by atoms with Gasteiger partial charge in [0.25, 0.3) is 0 Å². The van der Waals surface area contributed by atoms with Gasteiger partial charge in [-0.25, -0.2) is 14.4 Å². The molecule has 1 aliphatic carbocycles. The van der Waals surface area contributed by atoms with Gasteiger partial charge in [0.2, 0.25) is 18.2 Å². The second kappa shape index (κ2) is 9.05. The molecule has 28 heavy (non-hydrogen) atoms. The molecule has 0 spiro atoms. The van der Waals surface area contributed by atoms with E-state index in [9.17, 15) is 24.0 Å². The molecule has 3 atom stereocenters. The van der Waals surface area contributed by atoms with Crippen molar-refractivity contribution in [3.05, 3.63) is 18.6 Å². The minimum atomic E-state index is -1.32.